The minimum absolute atomic E-state index is 0.00294. The third kappa shape index (κ3) is 5.40. The second-order valence-electron chi connectivity index (χ2n) is 8.90. The molecule has 2 aromatic heterocycles. The van der Waals surface area contributed by atoms with Crippen molar-refractivity contribution in [3.05, 3.63) is 78.4 Å². The van der Waals surface area contributed by atoms with E-state index >= 15 is 0 Å². The van der Waals surface area contributed by atoms with E-state index in [1.165, 1.54) is 12.1 Å². The van der Waals surface area contributed by atoms with Crippen LogP contribution in [0.25, 0.3) is 11.0 Å². The Bertz CT molecular complexity index is 1360. The fraction of sp³-hybridized carbons (Fsp3) is 0.192. The molecule has 3 N–H and O–H groups in total. The maximum Gasteiger partial charge on any atom is 0.233 e. The lowest BCUT2D eigenvalue weighted by Gasteiger charge is -2.19. The fourth-order valence-electron chi connectivity index (χ4n) is 3.42. The lowest BCUT2D eigenvalue weighted by atomic mass is 9.87. The molecule has 8 heteroatoms. The molecule has 0 aliphatic carbocycles. The quantitative estimate of drug-likeness (QED) is 0.319. The number of fused-ring (bicyclic) bond motifs is 1. The lowest BCUT2D eigenvalue weighted by Crippen LogP contribution is -2.21. The Morgan fingerprint density at radius 2 is 1.71 bits per heavy atom. The lowest BCUT2D eigenvalue weighted by molar-refractivity contribution is -0.123. The Labute approximate surface area is 196 Å². The Hall–Kier alpha value is -4.20. The van der Waals surface area contributed by atoms with E-state index in [4.69, 9.17) is 4.74 Å². The summed E-state index contributed by atoms with van der Waals surface area (Å²) in [5, 5.41) is 5.99. The molecule has 2 heterocycles. The molecule has 2 amide bonds. The Morgan fingerprint density at radius 1 is 0.971 bits per heavy atom. The molecular formula is C26H25FN4O3. The number of H-pyrrole nitrogens is 1. The Kier molecular flexibility index (Phi) is 6.32. The van der Waals surface area contributed by atoms with Crippen LogP contribution in [0.1, 0.15) is 32.8 Å². The number of rotatable bonds is 6. The van der Waals surface area contributed by atoms with Gasteiger partial charge in [-0.15, -0.1) is 0 Å². The van der Waals surface area contributed by atoms with E-state index in [0.29, 0.717) is 17.1 Å². The molecule has 0 fully saturated rings. The van der Waals surface area contributed by atoms with Crippen molar-refractivity contribution >= 4 is 34.2 Å². The molecule has 0 saturated heterocycles. The summed E-state index contributed by atoms with van der Waals surface area (Å²) in [6.45, 7) is 6.23. The van der Waals surface area contributed by atoms with Gasteiger partial charge in [0.15, 0.2) is 11.6 Å². The van der Waals surface area contributed by atoms with Gasteiger partial charge in [0, 0.05) is 29.8 Å². The summed E-state index contributed by atoms with van der Waals surface area (Å²) in [4.78, 5) is 31.8. The number of ether oxygens (including phenoxy) is 1. The number of carbonyl (C=O) groups excluding carboxylic acids is 2. The first kappa shape index (κ1) is 23.0. The molecular weight excluding hydrogens is 435 g/mol. The van der Waals surface area contributed by atoms with Gasteiger partial charge in [0.1, 0.15) is 17.8 Å². The zero-order valence-corrected chi connectivity index (χ0v) is 19.1. The van der Waals surface area contributed by atoms with Crippen LogP contribution in [0, 0.1) is 5.82 Å². The molecule has 0 aliphatic heterocycles. The molecule has 4 rings (SSSR count). The molecule has 174 valence electrons. The predicted molar refractivity (Wildman–Crippen MR) is 130 cm³/mol. The smallest absolute Gasteiger partial charge is 0.233 e. The van der Waals surface area contributed by atoms with Gasteiger partial charge in [-0.1, -0.05) is 32.9 Å². The van der Waals surface area contributed by atoms with Crippen molar-refractivity contribution in [1.29, 1.82) is 0 Å². The Balaban J connectivity index is 1.36. The molecule has 0 unspecified atom stereocenters. The van der Waals surface area contributed by atoms with Crippen LogP contribution >= 0.6 is 0 Å². The number of halogens is 1. The van der Waals surface area contributed by atoms with Crippen molar-refractivity contribution in [2.45, 2.75) is 32.6 Å². The van der Waals surface area contributed by atoms with Crippen LogP contribution in [0.5, 0.6) is 11.5 Å². The highest BCUT2D eigenvalue weighted by atomic mass is 19.1. The minimum Gasteiger partial charge on any atom is -0.453 e. The topological polar surface area (TPSA) is 96.1 Å². The minimum atomic E-state index is -0.651. The van der Waals surface area contributed by atoms with Crippen LogP contribution in [-0.4, -0.2) is 21.8 Å². The van der Waals surface area contributed by atoms with Crippen LogP contribution < -0.4 is 15.4 Å². The Morgan fingerprint density at radius 3 is 2.41 bits per heavy atom. The summed E-state index contributed by atoms with van der Waals surface area (Å²) in [5.41, 5.74) is 2.47. The SMILES string of the molecule is CC(C)(C)c1cccc(NC(=O)CC(=O)Nc2ccc(Oc3ccnc4[nH]ccc34)c(F)c2)c1. The second kappa shape index (κ2) is 9.35. The normalized spacial score (nSPS) is 11.3. The average Bonchev–Trinajstić information content (AvgIpc) is 3.25. The number of pyridine rings is 1. The average molecular weight is 461 g/mol. The number of carbonyl (C=O) groups is 2. The molecule has 0 spiro atoms. The van der Waals surface area contributed by atoms with Crippen molar-refractivity contribution in [2.24, 2.45) is 0 Å². The number of aromatic amines is 1. The summed E-state index contributed by atoms with van der Waals surface area (Å²) in [5.74, 6) is -1.21. The van der Waals surface area contributed by atoms with Crippen molar-refractivity contribution < 1.29 is 18.7 Å². The van der Waals surface area contributed by atoms with Crippen molar-refractivity contribution in [1.82, 2.24) is 9.97 Å². The maximum atomic E-state index is 14.6. The monoisotopic (exact) mass is 460 g/mol. The number of amides is 2. The molecule has 0 atom stereocenters. The first-order chi connectivity index (χ1) is 16.2. The second-order valence-corrected chi connectivity index (χ2v) is 8.90. The number of nitrogens with one attached hydrogen (secondary N) is 3. The van der Waals surface area contributed by atoms with E-state index in [1.807, 2.05) is 18.2 Å². The van der Waals surface area contributed by atoms with Crippen molar-refractivity contribution in [3.63, 3.8) is 0 Å². The van der Waals surface area contributed by atoms with Crippen LogP contribution in [-0.2, 0) is 15.0 Å². The molecule has 0 aliphatic rings. The highest BCUT2D eigenvalue weighted by molar-refractivity contribution is 6.08. The van der Waals surface area contributed by atoms with Crippen LogP contribution in [0.2, 0.25) is 0 Å². The highest BCUT2D eigenvalue weighted by Crippen LogP contribution is 2.31. The van der Waals surface area contributed by atoms with Gasteiger partial charge in [-0.2, -0.15) is 0 Å². The van der Waals surface area contributed by atoms with Crippen LogP contribution in [0.15, 0.2) is 67.0 Å². The van der Waals surface area contributed by atoms with Crippen LogP contribution in [0.4, 0.5) is 15.8 Å². The number of hydrogen-bond donors (Lipinski definition) is 3. The van der Waals surface area contributed by atoms with E-state index < -0.39 is 24.1 Å². The highest BCUT2D eigenvalue weighted by Gasteiger charge is 2.16. The standard InChI is InChI=1S/C26H25FN4O3/c1-26(2,3)16-5-4-6-17(13-16)30-23(32)15-24(33)31-18-7-8-22(20(27)14-18)34-21-10-12-29-25-19(21)9-11-28-25/h4-14H,15H2,1-3H3,(H,28,29)(H,30,32)(H,31,33). The number of hydrogen-bond acceptors (Lipinski definition) is 4. The summed E-state index contributed by atoms with van der Waals surface area (Å²) in [6, 6.07) is 15.0. The number of benzene rings is 2. The zero-order valence-electron chi connectivity index (χ0n) is 19.1. The number of anilines is 2. The zero-order chi connectivity index (χ0) is 24.3. The molecule has 2 aromatic carbocycles. The van der Waals surface area contributed by atoms with Gasteiger partial charge in [-0.25, -0.2) is 9.37 Å². The predicted octanol–water partition coefficient (Wildman–Crippen LogP) is 5.76. The van der Waals surface area contributed by atoms with E-state index in [1.54, 1.807) is 30.6 Å². The molecule has 4 aromatic rings. The van der Waals surface area contributed by atoms with E-state index in [-0.39, 0.29) is 16.9 Å². The van der Waals surface area contributed by atoms with Gasteiger partial charge in [-0.3, -0.25) is 9.59 Å². The van der Waals surface area contributed by atoms with Gasteiger partial charge >= 0.3 is 0 Å². The van der Waals surface area contributed by atoms with E-state index in [0.717, 1.165) is 17.0 Å². The molecule has 0 radical (unpaired) electrons. The van der Waals surface area contributed by atoms with Gasteiger partial charge in [0.25, 0.3) is 0 Å². The first-order valence-corrected chi connectivity index (χ1v) is 10.8. The van der Waals surface area contributed by atoms with Gasteiger partial charge < -0.3 is 20.4 Å². The first-order valence-electron chi connectivity index (χ1n) is 10.8. The fourth-order valence-corrected chi connectivity index (χ4v) is 3.42. The summed E-state index contributed by atoms with van der Waals surface area (Å²) < 4.78 is 20.3. The number of aromatic nitrogens is 2. The van der Waals surface area contributed by atoms with Crippen LogP contribution in [0.3, 0.4) is 0 Å². The third-order valence-corrected chi connectivity index (χ3v) is 5.19. The van der Waals surface area contributed by atoms with Crippen molar-refractivity contribution in [2.75, 3.05) is 10.6 Å². The third-order valence-electron chi connectivity index (χ3n) is 5.19. The summed E-state index contributed by atoms with van der Waals surface area (Å²) in [7, 11) is 0. The summed E-state index contributed by atoms with van der Waals surface area (Å²) in [6.07, 6.45) is 2.88. The molecule has 0 bridgehead atoms. The van der Waals surface area contributed by atoms with E-state index in [2.05, 4.69) is 41.4 Å². The van der Waals surface area contributed by atoms with Crippen molar-refractivity contribution in [3.8, 4) is 11.5 Å². The van der Waals surface area contributed by atoms with Gasteiger partial charge in [0.2, 0.25) is 11.8 Å². The largest absolute Gasteiger partial charge is 0.453 e. The number of nitrogens with zero attached hydrogens (tertiary/aromatic N) is 1. The van der Waals surface area contributed by atoms with E-state index in [9.17, 15) is 14.0 Å². The maximum absolute atomic E-state index is 14.6. The summed E-state index contributed by atoms with van der Waals surface area (Å²) >= 11 is 0. The molecule has 7 nitrogen and oxygen atoms in total. The molecule has 34 heavy (non-hydrogen) atoms. The van der Waals surface area contributed by atoms with Gasteiger partial charge in [-0.05, 0) is 47.4 Å². The van der Waals surface area contributed by atoms with Gasteiger partial charge in [0.05, 0.1) is 5.39 Å². The molecule has 0 saturated carbocycles.